The summed E-state index contributed by atoms with van der Waals surface area (Å²) in [7, 11) is 0. The summed E-state index contributed by atoms with van der Waals surface area (Å²) >= 11 is 0. The van der Waals surface area contributed by atoms with Gasteiger partial charge >= 0.3 is 12.1 Å². The van der Waals surface area contributed by atoms with E-state index in [-0.39, 0.29) is 18.9 Å². The molecule has 2 aromatic rings. The summed E-state index contributed by atoms with van der Waals surface area (Å²) < 4.78 is 32.5. The van der Waals surface area contributed by atoms with Crippen molar-refractivity contribution in [3.8, 4) is 11.1 Å². The summed E-state index contributed by atoms with van der Waals surface area (Å²) in [6, 6.07) is 16.0. The predicted octanol–water partition coefficient (Wildman–Crippen LogP) is 3.53. The zero-order valence-corrected chi connectivity index (χ0v) is 18.2. The summed E-state index contributed by atoms with van der Waals surface area (Å²) in [6.07, 6.45) is 0.434. The lowest BCUT2D eigenvalue weighted by Gasteiger charge is -2.19. The van der Waals surface area contributed by atoms with E-state index < -0.39 is 47.8 Å². The van der Waals surface area contributed by atoms with Crippen LogP contribution in [0.3, 0.4) is 0 Å². The molecule has 34 heavy (non-hydrogen) atoms. The van der Waals surface area contributed by atoms with Crippen molar-refractivity contribution in [2.45, 2.75) is 36.6 Å². The third-order valence-corrected chi connectivity index (χ3v) is 7.05. The standard InChI is InChI=1S/C25H24F2N2O5/c26-25(27)19(21(25)22(31)32)12-28-20(30)11-24(9-10-24)29-23(33)34-13-18-16-7-3-1-5-14(16)15-6-2-4-8-17(15)18/h1-8,18-19,21H,9-13H2,(H,28,30)(H,29,33)(H,31,32)/t19-,21-/m0/s1. The van der Waals surface area contributed by atoms with E-state index in [2.05, 4.69) is 10.6 Å². The fourth-order valence-corrected chi connectivity index (χ4v) is 4.92. The van der Waals surface area contributed by atoms with Crippen molar-refractivity contribution in [1.82, 2.24) is 10.6 Å². The number of carboxylic acid groups (broad SMARTS) is 1. The highest BCUT2D eigenvalue weighted by Crippen LogP contribution is 2.55. The average molecular weight is 470 g/mol. The molecule has 0 aliphatic heterocycles. The van der Waals surface area contributed by atoms with Crippen LogP contribution in [0.4, 0.5) is 13.6 Å². The molecule has 2 amide bonds. The Hall–Kier alpha value is -3.49. The Morgan fingerprint density at radius 2 is 1.59 bits per heavy atom. The second-order valence-corrected chi connectivity index (χ2v) is 9.31. The average Bonchev–Trinajstić information content (AvgIpc) is 3.63. The molecule has 5 rings (SSSR count). The van der Waals surface area contributed by atoms with Crippen molar-refractivity contribution >= 4 is 18.0 Å². The Labute approximate surface area is 194 Å². The van der Waals surface area contributed by atoms with E-state index in [0.29, 0.717) is 12.8 Å². The highest BCUT2D eigenvalue weighted by molar-refractivity contribution is 5.81. The first-order valence-electron chi connectivity index (χ1n) is 11.2. The molecule has 9 heteroatoms. The number of rotatable bonds is 8. The molecule has 2 atom stereocenters. The largest absolute Gasteiger partial charge is 0.481 e. The molecule has 0 bridgehead atoms. The maximum absolute atomic E-state index is 13.5. The lowest BCUT2D eigenvalue weighted by Crippen LogP contribution is -2.42. The lowest BCUT2D eigenvalue weighted by atomic mass is 9.98. The first-order valence-corrected chi connectivity index (χ1v) is 11.2. The molecule has 0 unspecified atom stereocenters. The molecule has 178 valence electrons. The minimum atomic E-state index is -3.31. The summed E-state index contributed by atoms with van der Waals surface area (Å²) in [4.78, 5) is 35.6. The summed E-state index contributed by atoms with van der Waals surface area (Å²) in [5.41, 5.74) is 3.66. The maximum Gasteiger partial charge on any atom is 0.407 e. The summed E-state index contributed by atoms with van der Waals surface area (Å²) in [5.74, 6) is -8.64. The van der Waals surface area contributed by atoms with Gasteiger partial charge in [0.25, 0.3) is 5.92 Å². The molecule has 2 saturated carbocycles. The van der Waals surface area contributed by atoms with Crippen molar-refractivity contribution < 1.29 is 33.0 Å². The van der Waals surface area contributed by atoms with Gasteiger partial charge in [0.1, 0.15) is 12.5 Å². The molecule has 0 heterocycles. The van der Waals surface area contributed by atoms with Crippen LogP contribution in [0.2, 0.25) is 0 Å². The van der Waals surface area contributed by atoms with Gasteiger partial charge in [0.05, 0.1) is 11.5 Å². The molecule has 3 N–H and O–H groups in total. The number of ether oxygens (including phenoxy) is 1. The number of alkyl carbamates (subject to hydrolysis) is 1. The van der Waals surface area contributed by atoms with Gasteiger partial charge in [-0.1, -0.05) is 48.5 Å². The first kappa shape index (κ1) is 22.3. The van der Waals surface area contributed by atoms with Crippen molar-refractivity contribution in [1.29, 1.82) is 0 Å². The number of hydrogen-bond acceptors (Lipinski definition) is 4. The van der Waals surface area contributed by atoms with E-state index in [0.717, 1.165) is 22.3 Å². The molecule has 0 saturated heterocycles. The van der Waals surface area contributed by atoms with Crippen molar-refractivity contribution in [2.75, 3.05) is 13.2 Å². The van der Waals surface area contributed by atoms with Gasteiger partial charge < -0.3 is 20.5 Å². The van der Waals surface area contributed by atoms with Gasteiger partial charge in [-0.05, 0) is 35.1 Å². The van der Waals surface area contributed by atoms with Gasteiger partial charge in [-0.25, -0.2) is 13.6 Å². The molecule has 7 nitrogen and oxygen atoms in total. The number of amides is 2. The van der Waals surface area contributed by atoms with Crippen LogP contribution in [0.1, 0.15) is 36.3 Å². The Bertz CT molecular complexity index is 1120. The van der Waals surface area contributed by atoms with Crippen molar-refractivity contribution in [3.05, 3.63) is 59.7 Å². The monoisotopic (exact) mass is 470 g/mol. The Balaban J connectivity index is 1.13. The van der Waals surface area contributed by atoms with Gasteiger partial charge in [-0.15, -0.1) is 0 Å². The molecule has 3 aliphatic rings. The third kappa shape index (κ3) is 3.99. The Morgan fingerprint density at radius 3 is 2.12 bits per heavy atom. The SMILES string of the molecule is O=C(CC1(NC(=O)OCC2c3ccccc3-c3ccccc32)CC1)NC[C@H]1[C@@H](C(=O)O)C1(F)F. The molecule has 2 aromatic carbocycles. The topological polar surface area (TPSA) is 105 Å². The van der Waals surface area contributed by atoms with E-state index in [9.17, 15) is 23.2 Å². The number of nitrogens with one attached hydrogen (secondary N) is 2. The van der Waals surface area contributed by atoms with Gasteiger partial charge in [0, 0.05) is 18.9 Å². The Kier molecular flexibility index (Phi) is 5.30. The Morgan fingerprint density at radius 1 is 1.00 bits per heavy atom. The number of carbonyl (C=O) groups is 3. The fourth-order valence-electron chi connectivity index (χ4n) is 4.92. The molecular formula is C25H24F2N2O5. The van der Waals surface area contributed by atoms with E-state index in [4.69, 9.17) is 9.84 Å². The molecule has 3 aliphatic carbocycles. The number of fused-ring (bicyclic) bond motifs is 3. The van der Waals surface area contributed by atoms with Crippen LogP contribution >= 0.6 is 0 Å². The minimum Gasteiger partial charge on any atom is -0.481 e. The molecular weight excluding hydrogens is 446 g/mol. The number of alkyl halides is 2. The zero-order chi connectivity index (χ0) is 24.1. The van der Waals surface area contributed by atoms with Crippen LogP contribution in [0.15, 0.2) is 48.5 Å². The quantitative estimate of drug-likeness (QED) is 0.548. The summed E-state index contributed by atoms with van der Waals surface area (Å²) in [6.45, 7) is -0.265. The maximum atomic E-state index is 13.5. The first-order chi connectivity index (χ1) is 16.2. The molecule has 0 aromatic heterocycles. The minimum absolute atomic E-state index is 0.0762. The predicted molar refractivity (Wildman–Crippen MR) is 117 cm³/mol. The number of hydrogen-bond donors (Lipinski definition) is 3. The lowest BCUT2D eigenvalue weighted by molar-refractivity contribution is -0.141. The van der Waals surface area contributed by atoms with Crippen LogP contribution in [0, 0.1) is 11.8 Å². The van der Waals surface area contributed by atoms with Crippen LogP contribution in [-0.4, -0.2) is 47.7 Å². The highest BCUT2D eigenvalue weighted by Gasteiger charge is 2.72. The summed E-state index contributed by atoms with van der Waals surface area (Å²) in [5, 5.41) is 13.9. The number of carbonyl (C=O) groups excluding carboxylic acids is 2. The third-order valence-electron chi connectivity index (χ3n) is 7.05. The van der Waals surface area contributed by atoms with Gasteiger partial charge in [0.2, 0.25) is 5.91 Å². The molecule has 0 radical (unpaired) electrons. The normalized spacial score (nSPS) is 22.8. The number of carboxylic acids is 1. The number of halogens is 2. The van der Waals surface area contributed by atoms with Crippen molar-refractivity contribution in [3.63, 3.8) is 0 Å². The van der Waals surface area contributed by atoms with Crippen LogP contribution < -0.4 is 10.6 Å². The van der Waals surface area contributed by atoms with E-state index in [1.54, 1.807) is 0 Å². The molecule has 0 spiro atoms. The van der Waals surface area contributed by atoms with Crippen LogP contribution in [0.5, 0.6) is 0 Å². The van der Waals surface area contributed by atoms with Gasteiger partial charge in [-0.3, -0.25) is 9.59 Å². The fraction of sp³-hybridized carbons (Fsp3) is 0.400. The van der Waals surface area contributed by atoms with Gasteiger partial charge in [0.15, 0.2) is 0 Å². The number of benzene rings is 2. The highest BCUT2D eigenvalue weighted by atomic mass is 19.3. The van der Waals surface area contributed by atoms with E-state index >= 15 is 0 Å². The van der Waals surface area contributed by atoms with Crippen LogP contribution in [-0.2, 0) is 14.3 Å². The number of aliphatic carboxylic acids is 1. The zero-order valence-electron chi connectivity index (χ0n) is 18.2. The van der Waals surface area contributed by atoms with Crippen molar-refractivity contribution in [2.24, 2.45) is 11.8 Å². The molecule has 2 fully saturated rings. The smallest absolute Gasteiger partial charge is 0.407 e. The van der Waals surface area contributed by atoms with Gasteiger partial charge in [-0.2, -0.15) is 0 Å². The second kappa shape index (κ2) is 8.07. The van der Waals surface area contributed by atoms with E-state index in [1.807, 2.05) is 48.5 Å². The van der Waals surface area contributed by atoms with E-state index in [1.165, 1.54) is 0 Å². The van der Waals surface area contributed by atoms with Crippen LogP contribution in [0.25, 0.3) is 11.1 Å². The second-order valence-electron chi connectivity index (χ2n) is 9.31.